The molecule has 2 aliphatic rings. The number of hydrogen-bond donors (Lipinski definition) is 3. The van der Waals surface area contributed by atoms with Gasteiger partial charge in [0.05, 0.1) is 16.6 Å². The van der Waals surface area contributed by atoms with Crippen LogP contribution in [0.5, 0.6) is 11.5 Å². The number of nitrogens with one attached hydrogen (secondary N) is 1. The lowest BCUT2D eigenvalue weighted by atomic mass is 9.93. The highest BCUT2D eigenvalue weighted by Gasteiger charge is 2.32. The number of benzene rings is 2. The largest absolute Gasteiger partial charge is 0.507 e. The van der Waals surface area contributed by atoms with Gasteiger partial charge >= 0.3 is 0 Å². The van der Waals surface area contributed by atoms with E-state index >= 15 is 0 Å². The summed E-state index contributed by atoms with van der Waals surface area (Å²) in [6.45, 7) is 1.50. The van der Waals surface area contributed by atoms with Gasteiger partial charge in [0.15, 0.2) is 0 Å². The number of rotatable bonds is 5. The predicted molar refractivity (Wildman–Crippen MR) is 109 cm³/mol. The van der Waals surface area contributed by atoms with Crippen molar-refractivity contribution in [2.45, 2.75) is 50.7 Å². The number of nitrogens with zero attached hydrogens (tertiary/aromatic N) is 1. The molecule has 1 saturated carbocycles. The molecule has 4 rings (SSSR count). The van der Waals surface area contributed by atoms with Crippen molar-refractivity contribution in [1.82, 2.24) is 10.2 Å². The normalized spacial score (nSPS) is 19.6. The summed E-state index contributed by atoms with van der Waals surface area (Å²) < 4.78 is 0. The van der Waals surface area contributed by atoms with Gasteiger partial charge in [-0.15, -0.1) is 0 Å². The number of halogens is 1. The van der Waals surface area contributed by atoms with E-state index in [9.17, 15) is 15.0 Å². The van der Waals surface area contributed by atoms with Crippen molar-refractivity contribution in [2.24, 2.45) is 0 Å². The summed E-state index contributed by atoms with van der Waals surface area (Å²) in [5.74, 6) is -0.757. The van der Waals surface area contributed by atoms with Crippen LogP contribution in [0, 0.1) is 0 Å². The van der Waals surface area contributed by atoms with E-state index in [-0.39, 0.29) is 34.0 Å². The number of phenols is 2. The number of likely N-dealkylation sites (tertiary alicyclic amines) is 1. The van der Waals surface area contributed by atoms with Crippen molar-refractivity contribution < 1.29 is 15.0 Å². The van der Waals surface area contributed by atoms with Crippen molar-refractivity contribution in [2.75, 3.05) is 6.54 Å². The van der Waals surface area contributed by atoms with E-state index in [1.165, 1.54) is 30.9 Å². The summed E-state index contributed by atoms with van der Waals surface area (Å²) in [6, 6.07) is 11.5. The second-order valence-corrected chi connectivity index (χ2v) is 8.13. The molecule has 148 valence electrons. The first-order valence-corrected chi connectivity index (χ1v) is 10.3. The molecule has 0 bridgehead atoms. The second-order valence-electron chi connectivity index (χ2n) is 7.73. The fourth-order valence-electron chi connectivity index (χ4n) is 3.97. The van der Waals surface area contributed by atoms with Crippen LogP contribution >= 0.6 is 11.6 Å². The van der Waals surface area contributed by atoms with E-state index in [1.54, 1.807) is 4.90 Å². The average Bonchev–Trinajstić information content (AvgIpc) is 3.13. The molecule has 1 unspecified atom stereocenters. The van der Waals surface area contributed by atoms with Crippen molar-refractivity contribution in [3.8, 4) is 11.5 Å². The van der Waals surface area contributed by atoms with E-state index < -0.39 is 0 Å². The summed E-state index contributed by atoms with van der Waals surface area (Å²) in [5, 5.41) is 23.3. The molecule has 1 heterocycles. The van der Waals surface area contributed by atoms with E-state index in [4.69, 9.17) is 11.6 Å². The number of carbonyl (C=O) groups excluding carboxylic acids is 1. The molecule has 0 spiro atoms. The third-order valence-electron chi connectivity index (χ3n) is 5.87. The van der Waals surface area contributed by atoms with Gasteiger partial charge in [-0.25, -0.2) is 0 Å². The molecule has 3 N–H and O–H groups in total. The van der Waals surface area contributed by atoms with E-state index in [0.29, 0.717) is 12.6 Å². The molecule has 2 fully saturated rings. The summed E-state index contributed by atoms with van der Waals surface area (Å²) in [5.41, 5.74) is 2.47. The van der Waals surface area contributed by atoms with Crippen molar-refractivity contribution in [1.29, 1.82) is 0 Å². The minimum atomic E-state index is -0.266. The molecule has 1 amide bonds. The van der Waals surface area contributed by atoms with Gasteiger partial charge < -0.3 is 20.4 Å². The Bertz CT molecular complexity index is 865. The van der Waals surface area contributed by atoms with Crippen LogP contribution in [-0.2, 0) is 6.54 Å². The molecule has 0 aromatic heterocycles. The third kappa shape index (κ3) is 3.82. The Balaban J connectivity index is 1.48. The van der Waals surface area contributed by atoms with Crippen LogP contribution in [0.1, 0.15) is 59.6 Å². The van der Waals surface area contributed by atoms with Gasteiger partial charge in [-0.3, -0.25) is 4.79 Å². The van der Waals surface area contributed by atoms with Crippen LogP contribution in [0.25, 0.3) is 0 Å². The van der Waals surface area contributed by atoms with Gasteiger partial charge in [0.25, 0.3) is 5.91 Å². The Morgan fingerprint density at radius 3 is 2.50 bits per heavy atom. The fourth-order valence-corrected chi connectivity index (χ4v) is 4.13. The maximum absolute atomic E-state index is 13.0. The van der Waals surface area contributed by atoms with Crippen molar-refractivity contribution in [3.05, 3.63) is 58.1 Å². The highest BCUT2D eigenvalue weighted by molar-refractivity contribution is 6.32. The number of aromatic hydroxyl groups is 2. The quantitative estimate of drug-likeness (QED) is 0.696. The predicted octanol–water partition coefficient (Wildman–Crippen LogP) is 4.37. The second kappa shape index (κ2) is 8.02. The Labute approximate surface area is 169 Å². The van der Waals surface area contributed by atoms with Gasteiger partial charge in [-0.2, -0.15) is 0 Å². The lowest BCUT2D eigenvalue weighted by Gasteiger charge is -2.27. The van der Waals surface area contributed by atoms with Gasteiger partial charge in [0, 0.05) is 25.2 Å². The van der Waals surface area contributed by atoms with Crippen molar-refractivity contribution >= 4 is 17.5 Å². The SMILES string of the molecule is O=C(c1cc(Cl)c(O)cc1O)N1CCCC1c1ccc(CNC2CCC2)cc1. The van der Waals surface area contributed by atoms with Crippen LogP contribution in [0.15, 0.2) is 36.4 Å². The van der Waals surface area contributed by atoms with Gasteiger partial charge in [0.1, 0.15) is 11.5 Å². The van der Waals surface area contributed by atoms with E-state index in [0.717, 1.165) is 31.0 Å². The minimum Gasteiger partial charge on any atom is -0.507 e. The van der Waals surface area contributed by atoms with Crippen LogP contribution in [0.4, 0.5) is 0 Å². The lowest BCUT2D eigenvalue weighted by molar-refractivity contribution is 0.0732. The fraction of sp³-hybridized carbons (Fsp3) is 0.409. The van der Waals surface area contributed by atoms with Crippen molar-refractivity contribution in [3.63, 3.8) is 0 Å². The molecule has 6 heteroatoms. The molecule has 0 radical (unpaired) electrons. The van der Waals surface area contributed by atoms with Gasteiger partial charge in [-0.05, 0) is 42.9 Å². The molecule has 2 aromatic rings. The molecule has 28 heavy (non-hydrogen) atoms. The Hall–Kier alpha value is -2.24. The van der Waals surface area contributed by atoms with Crippen LogP contribution in [0.3, 0.4) is 0 Å². The van der Waals surface area contributed by atoms with E-state index in [1.807, 2.05) is 0 Å². The Morgan fingerprint density at radius 1 is 1.07 bits per heavy atom. The standard InChI is InChI=1S/C22H25ClN2O3/c23-18-11-17(20(26)12-21(18)27)22(28)25-10-2-5-19(25)15-8-6-14(7-9-15)13-24-16-3-1-4-16/h6-9,11-12,16,19,24,26-27H,1-5,10,13H2. The van der Waals surface area contributed by atoms with Crippen LogP contribution in [0.2, 0.25) is 5.02 Å². The van der Waals surface area contributed by atoms with Gasteiger partial charge in [-0.1, -0.05) is 42.3 Å². The highest BCUT2D eigenvalue weighted by atomic mass is 35.5. The zero-order valence-corrected chi connectivity index (χ0v) is 16.5. The van der Waals surface area contributed by atoms with Crippen LogP contribution in [-0.4, -0.2) is 33.6 Å². The summed E-state index contributed by atoms with van der Waals surface area (Å²) in [7, 11) is 0. The number of carbonyl (C=O) groups is 1. The average molecular weight is 401 g/mol. The molecular weight excluding hydrogens is 376 g/mol. The molecule has 2 aromatic carbocycles. The Kier molecular flexibility index (Phi) is 5.47. The van der Waals surface area contributed by atoms with E-state index in [2.05, 4.69) is 29.6 Å². The molecule has 1 aliphatic carbocycles. The number of hydrogen-bond acceptors (Lipinski definition) is 4. The maximum Gasteiger partial charge on any atom is 0.258 e. The number of amides is 1. The molecule has 1 atom stereocenters. The van der Waals surface area contributed by atoms with Crippen LogP contribution < -0.4 is 5.32 Å². The summed E-state index contributed by atoms with van der Waals surface area (Å²) in [4.78, 5) is 14.8. The zero-order valence-electron chi connectivity index (χ0n) is 15.7. The monoisotopic (exact) mass is 400 g/mol. The first-order chi connectivity index (χ1) is 13.5. The first kappa shape index (κ1) is 19.1. The number of phenolic OH excluding ortho intramolecular Hbond substituents is 2. The smallest absolute Gasteiger partial charge is 0.258 e. The maximum atomic E-state index is 13.0. The zero-order chi connectivity index (χ0) is 19.7. The molecule has 5 nitrogen and oxygen atoms in total. The minimum absolute atomic E-state index is 0.0203. The van der Waals surface area contributed by atoms with Gasteiger partial charge in [0.2, 0.25) is 0 Å². The lowest BCUT2D eigenvalue weighted by Crippen LogP contribution is -2.34. The first-order valence-electron chi connectivity index (χ1n) is 9.87. The summed E-state index contributed by atoms with van der Waals surface area (Å²) in [6.07, 6.45) is 5.66. The third-order valence-corrected chi connectivity index (χ3v) is 6.18. The summed E-state index contributed by atoms with van der Waals surface area (Å²) >= 11 is 5.94. The topological polar surface area (TPSA) is 72.8 Å². The highest BCUT2D eigenvalue weighted by Crippen LogP contribution is 2.37. The molecule has 1 saturated heterocycles. The Morgan fingerprint density at radius 2 is 1.82 bits per heavy atom. The molecule has 1 aliphatic heterocycles. The molecular formula is C22H25ClN2O3.